The molecule has 29 heavy (non-hydrogen) atoms. The number of hydrogen-bond donors (Lipinski definition) is 1. The van der Waals surface area contributed by atoms with Gasteiger partial charge in [0.15, 0.2) is 0 Å². The summed E-state index contributed by atoms with van der Waals surface area (Å²) in [7, 11) is -3.84. The number of likely N-dealkylation sites (N-methyl/N-ethyl adjacent to an activating group) is 1. The van der Waals surface area contributed by atoms with Gasteiger partial charge >= 0.3 is 7.25 Å². The van der Waals surface area contributed by atoms with E-state index in [1.165, 1.54) is 11.1 Å². The fourth-order valence-corrected chi connectivity index (χ4v) is 4.08. The third-order valence-electron chi connectivity index (χ3n) is 5.32. The maximum Gasteiger partial charge on any atom is 0.673 e. The molecule has 1 N–H and O–H groups in total. The first kappa shape index (κ1) is 23.4. The van der Waals surface area contributed by atoms with Crippen molar-refractivity contribution in [1.82, 2.24) is 0 Å². The van der Waals surface area contributed by atoms with Gasteiger partial charge in [-0.15, -0.1) is 0 Å². The highest BCUT2D eigenvalue weighted by molar-refractivity contribution is 6.50. The van der Waals surface area contributed by atoms with Crippen LogP contribution in [0.1, 0.15) is 30.4 Å². The second kappa shape index (κ2) is 10.2. The normalized spacial score (nSPS) is 22.5. The van der Waals surface area contributed by atoms with Gasteiger partial charge in [-0.05, 0) is 12.8 Å². The predicted octanol–water partition coefficient (Wildman–Crippen LogP) is 5.38. The molecule has 0 spiro atoms. The van der Waals surface area contributed by atoms with Gasteiger partial charge in [-0.25, -0.2) is 4.39 Å². The Hall–Kier alpha value is -1.93. The number of aliphatic hydroxyl groups excluding tert-OH is 1. The molecule has 0 unspecified atom stereocenters. The van der Waals surface area contributed by atoms with Crippen LogP contribution in [0.2, 0.25) is 0 Å². The molecule has 2 aromatic rings. The summed E-state index contributed by atoms with van der Waals surface area (Å²) in [6.45, 7) is 1.59. The van der Waals surface area contributed by atoms with Gasteiger partial charge in [0.2, 0.25) is 0 Å². The quantitative estimate of drug-likeness (QED) is 0.395. The standard InChI is InChI=1S/C21H27FNO.BF4/c1-23(15-17-9-4-2-5-10-17,16-18-11-6-3-7-12-18)20-14-8-13-19(22)21(20)24;2-1(3,4)5/h2-7,9-12,19-21,24H,8,13-16H2,1H3;/q+1;-1/t19-,20-,21+;/m1./s1. The molecule has 0 saturated heterocycles. The summed E-state index contributed by atoms with van der Waals surface area (Å²) in [5.41, 5.74) is 2.45. The van der Waals surface area contributed by atoms with Crippen molar-refractivity contribution in [1.29, 1.82) is 0 Å². The highest BCUT2D eigenvalue weighted by Crippen LogP contribution is 2.33. The molecular weight excluding hydrogens is 388 g/mol. The molecule has 0 radical (unpaired) electrons. The van der Waals surface area contributed by atoms with Crippen molar-refractivity contribution in [3.8, 4) is 0 Å². The van der Waals surface area contributed by atoms with Crippen molar-refractivity contribution in [2.45, 2.75) is 50.7 Å². The number of halogens is 5. The maximum atomic E-state index is 14.2. The van der Waals surface area contributed by atoms with Crippen LogP contribution in [0, 0.1) is 0 Å². The van der Waals surface area contributed by atoms with Crippen LogP contribution >= 0.6 is 0 Å². The van der Waals surface area contributed by atoms with E-state index < -0.39 is 19.5 Å². The fraction of sp³-hybridized carbons (Fsp3) is 0.429. The molecule has 3 rings (SSSR count). The van der Waals surface area contributed by atoms with Crippen molar-refractivity contribution >= 4 is 7.25 Å². The van der Waals surface area contributed by atoms with Gasteiger partial charge in [-0.2, -0.15) is 0 Å². The predicted molar refractivity (Wildman–Crippen MR) is 105 cm³/mol. The summed E-state index contributed by atoms with van der Waals surface area (Å²) in [6.07, 6.45) is 0.218. The van der Waals surface area contributed by atoms with Gasteiger partial charge in [0, 0.05) is 17.5 Å². The molecule has 0 amide bonds. The summed E-state index contributed by atoms with van der Waals surface area (Å²) >= 11 is 0. The molecule has 1 aliphatic carbocycles. The van der Waals surface area contributed by atoms with E-state index in [9.17, 15) is 26.8 Å². The molecule has 0 bridgehead atoms. The number of alkyl halides is 1. The Labute approximate surface area is 168 Å². The highest BCUT2D eigenvalue weighted by atomic mass is 19.5. The molecule has 1 aliphatic rings. The van der Waals surface area contributed by atoms with Crippen molar-refractivity contribution in [3.63, 3.8) is 0 Å². The Morgan fingerprint density at radius 2 is 1.28 bits per heavy atom. The van der Waals surface area contributed by atoms with E-state index in [1.807, 2.05) is 36.4 Å². The highest BCUT2D eigenvalue weighted by Gasteiger charge is 2.44. The van der Waals surface area contributed by atoms with Gasteiger partial charge in [-0.1, -0.05) is 60.7 Å². The lowest BCUT2D eigenvalue weighted by Crippen LogP contribution is -2.59. The van der Waals surface area contributed by atoms with Crippen LogP contribution < -0.4 is 0 Å². The third kappa shape index (κ3) is 7.78. The monoisotopic (exact) mass is 415 g/mol. The fourth-order valence-electron chi connectivity index (χ4n) is 4.08. The Balaban J connectivity index is 0.000000537. The Bertz CT molecular complexity index is 681. The minimum absolute atomic E-state index is 0.0748. The summed E-state index contributed by atoms with van der Waals surface area (Å²) in [5.74, 6) is 0. The van der Waals surface area contributed by atoms with Crippen molar-refractivity contribution in [3.05, 3.63) is 71.8 Å². The zero-order valence-electron chi connectivity index (χ0n) is 16.4. The van der Waals surface area contributed by atoms with Gasteiger partial charge in [0.1, 0.15) is 31.4 Å². The molecule has 2 aromatic carbocycles. The third-order valence-corrected chi connectivity index (χ3v) is 5.32. The topological polar surface area (TPSA) is 20.2 Å². The summed E-state index contributed by atoms with van der Waals surface area (Å²) < 4.78 is 53.8. The van der Waals surface area contributed by atoms with Gasteiger partial charge in [0.25, 0.3) is 0 Å². The lowest BCUT2D eigenvalue weighted by atomic mass is 9.87. The molecule has 1 fully saturated rings. The van der Waals surface area contributed by atoms with Crippen molar-refractivity contribution < 1.29 is 31.2 Å². The summed E-state index contributed by atoms with van der Waals surface area (Å²) in [5, 5.41) is 10.5. The first-order chi connectivity index (χ1) is 13.6. The molecule has 3 atom stereocenters. The van der Waals surface area contributed by atoms with Crippen LogP contribution in [0.3, 0.4) is 0 Å². The summed E-state index contributed by atoms with van der Waals surface area (Å²) in [6, 6.07) is 20.6. The SMILES string of the molecule is C[N+](Cc1ccccc1)(Cc1ccccc1)[C@@H]1CCC[C@@H](F)[C@@H]1O.F[B-](F)(F)F. The van der Waals surface area contributed by atoms with Crippen LogP contribution in [-0.2, 0) is 13.1 Å². The van der Waals surface area contributed by atoms with E-state index in [0.29, 0.717) is 10.9 Å². The molecule has 1 saturated carbocycles. The molecule has 0 aromatic heterocycles. The zero-order valence-corrected chi connectivity index (χ0v) is 16.4. The smallest absolute Gasteiger partial charge is 0.418 e. The number of quaternary nitrogens is 1. The first-order valence-electron chi connectivity index (χ1n) is 9.70. The van der Waals surface area contributed by atoms with Crippen molar-refractivity contribution in [2.75, 3.05) is 7.05 Å². The minimum Gasteiger partial charge on any atom is -0.418 e. The number of benzene rings is 2. The number of aliphatic hydroxyl groups is 1. The lowest BCUT2D eigenvalue weighted by molar-refractivity contribution is -0.963. The Kier molecular flexibility index (Phi) is 8.22. The Morgan fingerprint density at radius 3 is 1.69 bits per heavy atom. The van der Waals surface area contributed by atoms with E-state index in [4.69, 9.17) is 0 Å². The maximum absolute atomic E-state index is 14.2. The van der Waals surface area contributed by atoms with Crippen LogP contribution in [-0.4, -0.2) is 42.2 Å². The van der Waals surface area contributed by atoms with Gasteiger partial charge < -0.3 is 26.9 Å². The van der Waals surface area contributed by atoms with E-state index >= 15 is 0 Å². The second-order valence-corrected chi connectivity index (χ2v) is 7.77. The average Bonchev–Trinajstić information content (AvgIpc) is 2.64. The van der Waals surface area contributed by atoms with Crippen LogP contribution in [0.15, 0.2) is 60.7 Å². The average molecular weight is 415 g/mol. The molecule has 8 heteroatoms. The van der Waals surface area contributed by atoms with Crippen LogP contribution in [0.25, 0.3) is 0 Å². The van der Waals surface area contributed by atoms with E-state index in [-0.39, 0.29) is 6.04 Å². The molecule has 160 valence electrons. The van der Waals surface area contributed by atoms with E-state index in [0.717, 1.165) is 25.9 Å². The number of rotatable bonds is 5. The van der Waals surface area contributed by atoms with Crippen LogP contribution in [0.4, 0.5) is 21.7 Å². The Morgan fingerprint density at radius 1 is 0.862 bits per heavy atom. The summed E-state index contributed by atoms with van der Waals surface area (Å²) in [4.78, 5) is 0. The number of nitrogens with zero attached hydrogens (tertiary/aromatic N) is 1. The molecular formula is C21H27BF5NO. The van der Waals surface area contributed by atoms with E-state index in [1.54, 1.807) is 0 Å². The number of hydrogen-bond acceptors (Lipinski definition) is 1. The zero-order chi connectivity index (χ0) is 21.5. The molecule has 2 nitrogen and oxygen atoms in total. The molecule has 0 aliphatic heterocycles. The minimum atomic E-state index is -6.00. The van der Waals surface area contributed by atoms with Gasteiger partial charge in [0.05, 0.1) is 7.05 Å². The second-order valence-electron chi connectivity index (χ2n) is 7.77. The first-order valence-corrected chi connectivity index (χ1v) is 9.70. The van der Waals surface area contributed by atoms with Gasteiger partial charge in [-0.3, -0.25) is 0 Å². The van der Waals surface area contributed by atoms with Crippen LogP contribution in [0.5, 0.6) is 0 Å². The van der Waals surface area contributed by atoms with Crippen molar-refractivity contribution in [2.24, 2.45) is 0 Å². The largest absolute Gasteiger partial charge is 0.673 e. The lowest BCUT2D eigenvalue weighted by Gasteiger charge is -2.46. The van der Waals surface area contributed by atoms with E-state index in [2.05, 4.69) is 31.3 Å². The molecule has 0 heterocycles.